The number of nitrogens with zero attached hydrogens (tertiary/aromatic N) is 2. The van der Waals surface area contributed by atoms with Crippen molar-refractivity contribution in [2.45, 2.75) is 12.8 Å². The highest BCUT2D eigenvalue weighted by molar-refractivity contribution is 7.88. The second-order valence-corrected chi connectivity index (χ2v) is 8.40. The zero-order valence-electron chi connectivity index (χ0n) is 13.9. The molecule has 0 unspecified atom stereocenters. The van der Waals surface area contributed by atoms with E-state index in [-0.39, 0.29) is 5.56 Å². The highest BCUT2D eigenvalue weighted by atomic mass is 32.2. The van der Waals surface area contributed by atoms with E-state index >= 15 is 0 Å². The van der Waals surface area contributed by atoms with Crippen LogP contribution in [0.25, 0.3) is 11.3 Å². The lowest BCUT2D eigenvalue weighted by molar-refractivity contribution is 0.0697. The number of carboxylic acids is 1. The van der Waals surface area contributed by atoms with Crippen molar-refractivity contribution in [2.24, 2.45) is 5.92 Å². The first-order valence-corrected chi connectivity index (χ1v) is 9.91. The predicted molar refractivity (Wildman–Crippen MR) is 94.9 cm³/mol. The molecule has 7 heteroatoms. The summed E-state index contributed by atoms with van der Waals surface area (Å²) in [4.78, 5) is 15.5. The largest absolute Gasteiger partial charge is 0.478 e. The molecule has 1 saturated heterocycles. The highest BCUT2D eigenvalue weighted by Gasteiger charge is 2.28. The number of aromatic carboxylic acids is 1. The molecule has 0 spiro atoms. The monoisotopic (exact) mass is 360 g/mol. The Kier molecular flexibility index (Phi) is 4.87. The molecule has 2 aromatic rings. The van der Waals surface area contributed by atoms with Crippen molar-refractivity contribution in [3.05, 3.63) is 53.7 Å². The lowest BCUT2D eigenvalue weighted by Crippen LogP contribution is -2.27. The van der Waals surface area contributed by atoms with E-state index in [1.165, 1.54) is 10.6 Å². The number of hydrogen-bond donors (Lipinski definition) is 1. The maximum Gasteiger partial charge on any atom is 0.335 e. The average molecular weight is 360 g/mol. The Bertz CT molecular complexity index is 878. The maximum atomic E-state index is 11.6. The molecule has 3 rings (SSSR count). The van der Waals surface area contributed by atoms with Crippen LogP contribution in [0, 0.1) is 5.92 Å². The number of carbonyl (C=O) groups is 1. The van der Waals surface area contributed by atoms with E-state index in [1.807, 2.05) is 18.2 Å². The third-order valence-corrected chi connectivity index (χ3v) is 5.74. The molecule has 0 radical (unpaired) electrons. The second kappa shape index (κ2) is 6.93. The fraction of sp³-hybridized carbons (Fsp3) is 0.333. The van der Waals surface area contributed by atoms with Crippen molar-refractivity contribution < 1.29 is 18.3 Å². The van der Waals surface area contributed by atoms with Gasteiger partial charge in [0.25, 0.3) is 0 Å². The number of benzene rings is 1. The fourth-order valence-electron chi connectivity index (χ4n) is 3.13. The van der Waals surface area contributed by atoms with Gasteiger partial charge < -0.3 is 5.11 Å². The quantitative estimate of drug-likeness (QED) is 0.884. The van der Waals surface area contributed by atoms with Gasteiger partial charge in [0.05, 0.1) is 17.5 Å². The van der Waals surface area contributed by atoms with E-state index in [0.29, 0.717) is 19.0 Å². The Morgan fingerprint density at radius 2 is 2.12 bits per heavy atom. The van der Waals surface area contributed by atoms with Crippen molar-refractivity contribution in [3.8, 4) is 11.3 Å². The Hall–Kier alpha value is -2.25. The van der Waals surface area contributed by atoms with Crippen LogP contribution in [0.15, 0.2) is 42.6 Å². The van der Waals surface area contributed by atoms with Gasteiger partial charge in [-0.15, -0.1) is 0 Å². The Balaban J connectivity index is 1.69. The van der Waals surface area contributed by atoms with Crippen LogP contribution < -0.4 is 0 Å². The second-order valence-electron chi connectivity index (χ2n) is 6.42. The van der Waals surface area contributed by atoms with Crippen LogP contribution in [0.4, 0.5) is 0 Å². The number of carboxylic acid groups (broad SMARTS) is 1. The van der Waals surface area contributed by atoms with Crippen LogP contribution >= 0.6 is 0 Å². The molecule has 1 N–H and O–H groups in total. The topological polar surface area (TPSA) is 87.6 Å². The number of sulfonamides is 1. The molecule has 1 aliphatic rings. The van der Waals surface area contributed by atoms with Gasteiger partial charge in [0.15, 0.2) is 0 Å². The Morgan fingerprint density at radius 1 is 1.32 bits per heavy atom. The number of rotatable bonds is 5. The van der Waals surface area contributed by atoms with Gasteiger partial charge in [-0.1, -0.05) is 18.2 Å². The van der Waals surface area contributed by atoms with Gasteiger partial charge in [0.2, 0.25) is 10.0 Å². The van der Waals surface area contributed by atoms with Gasteiger partial charge in [0, 0.05) is 24.8 Å². The molecule has 1 fully saturated rings. The van der Waals surface area contributed by atoms with Gasteiger partial charge in [-0.2, -0.15) is 0 Å². The number of aromatic nitrogens is 1. The molecule has 6 nitrogen and oxygen atoms in total. The molecule has 1 aromatic carbocycles. The minimum absolute atomic E-state index is 0.232. The zero-order valence-corrected chi connectivity index (χ0v) is 14.7. The van der Waals surface area contributed by atoms with E-state index in [1.54, 1.807) is 24.4 Å². The van der Waals surface area contributed by atoms with E-state index < -0.39 is 16.0 Å². The molecule has 0 aliphatic carbocycles. The molecule has 1 atom stereocenters. The van der Waals surface area contributed by atoms with Crippen LogP contribution in [-0.2, 0) is 16.4 Å². The van der Waals surface area contributed by atoms with E-state index in [4.69, 9.17) is 5.11 Å². The average Bonchev–Trinajstić information content (AvgIpc) is 3.04. The van der Waals surface area contributed by atoms with Crippen molar-refractivity contribution in [1.82, 2.24) is 9.29 Å². The zero-order chi connectivity index (χ0) is 18.0. The normalized spacial score (nSPS) is 18.4. The number of pyridine rings is 1. The predicted octanol–water partition coefficient (Wildman–Crippen LogP) is 2.27. The molecule has 1 aromatic heterocycles. The van der Waals surface area contributed by atoms with E-state index in [9.17, 15) is 13.2 Å². The summed E-state index contributed by atoms with van der Waals surface area (Å²) in [7, 11) is -3.11. The molecule has 2 heterocycles. The van der Waals surface area contributed by atoms with Crippen molar-refractivity contribution in [3.63, 3.8) is 0 Å². The molecular weight excluding hydrogens is 340 g/mol. The fourth-order valence-corrected chi connectivity index (χ4v) is 4.04. The molecule has 132 valence electrons. The summed E-state index contributed by atoms with van der Waals surface area (Å²) >= 11 is 0. The lowest BCUT2D eigenvalue weighted by atomic mass is 9.99. The van der Waals surface area contributed by atoms with Crippen molar-refractivity contribution >= 4 is 16.0 Å². The summed E-state index contributed by atoms with van der Waals surface area (Å²) in [5.74, 6) is -0.659. The molecular formula is C18H20N2O4S. The smallest absolute Gasteiger partial charge is 0.335 e. The van der Waals surface area contributed by atoms with Gasteiger partial charge >= 0.3 is 5.97 Å². The minimum atomic E-state index is -3.11. The van der Waals surface area contributed by atoms with Gasteiger partial charge in [-0.05, 0) is 42.5 Å². The third kappa shape index (κ3) is 4.24. The summed E-state index contributed by atoms with van der Waals surface area (Å²) in [6.07, 6.45) is 4.67. The van der Waals surface area contributed by atoms with E-state index in [0.717, 1.165) is 29.7 Å². The first-order chi connectivity index (χ1) is 11.8. The summed E-state index contributed by atoms with van der Waals surface area (Å²) in [6.45, 7) is 1.14. The Labute approximate surface area is 147 Å². The highest BCUT2D eigenvalue weighted by Crippen LogP contribution is 2.24. The first-order valence-electron chi connectivity index (χ1n) is 8.07. The van der Waals surface area contributed by atoms with Gasteiger partial charge in [0.1, 0.15) is 0 Å². The van der Waals surface area contributed by atoms with E-state index in [2.05, 4.69) is 4.98 Å². The minimum Gasteiger partial charge on any atom is -0.478 e. The Morgan fingerprint density at radius 3 is 2.72 bits per heavy atom. The summed E-state index contributed by atoms with van der Waals surface area (Å²) in [5, 5.41) is 9.07. The first kappa shape index (κ1) is 17.6. The molecule has 1 aliphatic heterocycles. The molecule has 0 bridgehead atoms. The standard InChI is InChI=1S/C18H20N2O4S/c1-25(23,24)20-8-7-14(12-20)9-13-5-6-17(19-11-13)15-3-2-4-16(10-15)18(21)22/h2-6,10-11,14H,7-9,12H2,1H3,(H,21,22)/t14-/m1/s1. The van der Waals surface area contributed by atoms with Crippen LogP contribution in [0.2, 0.25) is 0 Å². The van der Waals surface area contributed by atoms with Crippen LogP contribution in [0.1, 0.15) is 22.3 Å². The SMILES string of the molecule is CS(=O)(=O)N1CC[C@H](Cc2ccc(-c3cccc(C(=O)O)c3)nc2)C1. The van der Waals surface area contributed by atoms with Crippen molar-refractivity contribution in [1.29, 1.82) is 0 Å². The molecule has 0 saturated carbocycles. The van der Waals surface area contributed by atoms with Gasteiger partial charge in [-0.3, -0.25) is 4.98 Å². The summed E-state index contributed by atoms with van der Waals surface area (Å²) in [6, 6.07) is 10.5. The molecule has 0 amide bonds. The van der Waals surface area contributed by atoms with Crippen LogP contribution in [0.3, 0.4) is 0 Å². The van der Waals surface area contributed by atoms with Gasteiger partial charge in [-0.25, -0.2) is 17.5 Å². The summed E-state index contributed by atoms with van der Waals surface area (Å²) < 4.78 is 24.7. The van der Waals surface area contributed by atoms with Crippen LogP contribution in [-0.4, -0.2) is 48.1 Å². The van der Waals surface area contributed by atoms with Crippen molar-refractivity contribution in [2.75, 3.05) is 19.3 Å². The molecule has 25 heavy (non-hydrogen) atoms. The lowest BCUT2D eigenvalue weighted by Gasteiger charge is -2.13. The maximum absolute atomic E-state index is 11.6. The van der Waals surface area contributed by atoms with Crippen LogP contribution in [0.5, 0.6) is 0 Å². The number of hydrogen-bond acceptors (Lipinski definition) is 4. The summed E-state index contributed by atoms with van der Waals surface area (Å²) in [5.41, 5.74) is 2.76. The third-order valence-electron chi connectivity index (χ3n) is 4.47.